The van der Waals surface area contributed by atoms with E-state index in [1.54, 1.807) is 0 Å². The van der Waals surface area contributed by atoms with Crippen molar-refractivity contribution in [3.05, 3.63) is 267 Å². The minimum absolute atomic E-state index is 0.194. The molecule has 0 unspecified atom stereocenters. The summed E-state index contributed by atoms with van der Waals surface area (Å²) in [6, 6.07) is 86.9. The molecule has 0 nitrogen and oxygen atoms in total. The third-order valence-corrected chi connectivity index (χ3v) is 18.1. The number of rotatable bonds is 14. The first kappa shape index (κ1) is 53.2. The summed E-state index contributed by atoms with van der Waals surface area (Å²) in [4.78, 5) is 0. The van der Waals surface area contributed by atoms with Crippen molar-refractivity contribution in [1.29, 1.82) is 0 Å². The summed E-state index contributed by atoms with van der Waals surface area (Å²) in [5.41, 5.74) is 0. The van der Waals surface area contributed by atoms with Gasteiger partial charge < -0.3 is 24.6 Å². The molecule has 334 valence electrons. The van der Waals surface area contributed by atoms with Crippen LogP contribution in [0.25, 0.3) is 0 Å². The normalized spacial score (nSPS) is 11.2. The molecule has 0 aliphatic carbocycles. The molecule has 64 heavy (non-hydrogen) atoms. The minimum atomic E-state index is -2.61. The second-order valence-electron chi connectivity index (χ2n) is 13.1. The van der Waals surface area contributed by atoms with Gasteiger partial charge in [-0.25, -0.2) is 31.7 Å². The van der Waals surface area contributed by atoms with E-state index in [-0.39, 0.29) is 13.1 Å². The third-order valence-electron chi connectivity index (χ3n) is 9.00. The van der Waals surface area contributed by atoms with Gasteiger partial charge in [0.15, 0.2) is 0 Å². The van der Waals surface area contributed by atoms with Gasteiger partial charge in [-0.05, 0) is 0 Å². The molecule has 0 aromatic heterocycles. The Morgan fingerprint density at radius 2 is 0.344 bits per heavy atom. The molecule has 0 radical (unpaired) electrons. The van der Waals surface area contributed by atoms with Crippen molar-refractivity contribution in [2.75, 3.05) is 0 Å². The van der Waals surface area contributed by atoms with Crippen molar-refractivity contribution in [2.45, 2.75) is 0 Å². The van der Waals surface area contributed by atoms with E-state index < -0.39 is 40.9 Å². The maximum Gasteiger partial charge on any atom is -0.0527 e. The van der Waals surface area contributed by atoms with Gasteiger partial charge in [0.05, 0.1) is 0 Å². The molecule has 8 aromatic rings. The number of benzene rings is 8. The molecule has 0 N–H and O–H groups in total. The molecule has 0 spiro atoms. The van der Waals surface area contributed by atoms with Crippen LogP contribution in [0.1, 0.15) is 0 Å². The number of halogens is 6. The van der Waals surface area contributed by atoms with Crippen molar-refractivity contribution in [3.8, 4) is 0 Å². The first-order valence-corrected chi connectivity index (χ1v) is 34.3. The van der Waals surface area contributed by atoms with Crippen LogP contribution in [0.15, 0.2) is 243 Å². The van der Waals surface area contributed by atoms with Crippen LogP contribution >= 0.6 is 92.3 Å². The van der Waals surface area contributed by atoms with Crippen LogP contribution in [-0.2, 0) is 22.3 Å². The number of hydrogen-bond acceptors (Lipinski definition) is 0. The maximum atomic E-state index is 4.95. The maximum absolute atomic E-state index is 4.95. The molecular weight excluding hydrogens is 1070 g/mol. The van der Waals surface area contributed by atoms with Gasteiger partial charge in [0.25, 0.3) is 0 Å². The van der Waals surface area contributed by atoms with Crippen LogP contribution in [-0.4, -0.2) is 0 Å². The summed E-state index contributed by atoms with van der Waals surface area (Å²) < 4.78 is 0. The quantitative estimate of drug-likeness (QED) is 0.0578. The zero-order valence-electron chi connectivity index (χ0n) is 34.2. The van der Waals surface area contributed by atoms with Gasteiger partial charge in [0, 0.05) is 0 Å². The molecule has 0 saturated carbocycles. The standard InChI is InChI=1S/2C26H22P2.6ClH.2Fe/c2*1-5-13-23(14-6-1)27(24-15-7-2-8-16-24)21-22-28(25-17-9-3-10-18-25)26-19-11-4-12-20-26;;;;;;;;/h2*1-22H;6*1H;;/q2*-2;;;;;;;+2;+4/p-6. The Balaban J connectivity index is 0.000000207. The van der Waals surface area contributed by atoms with E-state index in [0.717, 1.165) is 0 Å². The fourth-order valence-corrected chi connectivity index (χ4v) is 14.9. The van der Waals surface area contributed by atoms with Gasteiger partial charge in [-0.1, -0.05) is 285 Å². The first-order chi connectivity index (χ1) is 31.2. The fourth-order valence-electron chi connectivity index (χ4n) is 6.26. The summed E-state index contributed by atoms with van der Waals surface area (Å²) in [7, 11) is 24.6. The average molecular weight is 1120 g/mol. The van der Waals surface area contributed by atoms with Gasteiger partial charge in [-0.15, -0.1) is 0 Å². The Labute approximate surface area is 420 Å². The van der Waals surface area contributed by atoms with Crippen LogP contribution in [0, 0.1) is 24.6 Å². The van der Waals surface area contributed by atoms with E-state index in [1.807, 2.05) is 0 Å². The molecule has 12 heteroatoms. The van der Waals surface area contributed by atoms with E-state index in [9.17, 15) is 0 Å². The van der Waals surface area contributed by atoms with Crippen molar-refractivity contribution in [1.82, 2.24) is 0 Å². The van der Waals surface area contributed by atoms with Gasteiger partial charge in [0.1, 0.15) is 0 Å². The summed E-state index contributed by atoms with van der Waals surface area (Å²) in [6.45, 7) is 0. The topological polar surface area (TPSA) is 0 Å². The van der Waals surface area contributed by atoms with Gasteiger partial charge in [-0.3, -0.25) is 0 Å². The van der Waals surface area contributed by atoms with Crippen molar-refractivity contribution in [2.24, 2.45) is 0 Å². The van der Waals surface area contributed by atoms with Gasteiger partial charge >= 0.3 is 82.9 Å². The molecule has 0 fully saturated rings. The van der Waals surface area contributed by atoms with Crippen molar-refractivity contribution < 1.29 is 22.3 Å². The molecule has 0 bridgehead atoms. The molecule has 0 atom stereocenters. The minimum Gasteiger partial charge on any atom is -0.454 e. The van der Waals surface area contributed by atoms with Crippen molar-refractivity contribution in [3.63, 3.8) is 0 Å². The largest absolute Gasteiger partial charge is 0.454 e. The molecular formula is C52H44Cl6Fe2P4-4. The first-order valence-electron chi connectivity index (χ1n) is 19.6. The fraction of sp³-hybridized carbons (Fsp3) is 0. The number of hydrogen-bond donors (Lipinski definition) is 0. The third kappa shape index (κ3) is 19.5. The molecule has 0 saturated heterocycles. The zero-order chi connectivity index (χ0) is 45.2. The molecule has 0 heterocycles. The van der Waals surface area contributed by atoms with Crippen LogP contribution < -0.4 is 42.4 Å². The van der Waals surface area contributed by atoms with Crippen LogP contribution in [0.3, 0.4) is 0 Å². The van der Waals surface area contributed by atoms with Crippen LogP contribution in [0.5, 0.6) is 0 Å². The smallest absolute Gasteiger partial charge is 0.0527 e. The van der Waals surface area contributed by atoms with Gasteiger partial charge in [0.2, 0.25) is 0 Å². The SMILES string of the molecule is [Cl][Fe]([Cl])([Cl])[Cl].[Cl][Fe][Cl].c1ccc(P([CH-][CH-]P(c2ccccc2)c2ccccc2)c2ccccc2)cc1.c1ccc(P([CH-][CH-]P(c2ccccc2)c2ccccc2)c2ccccc2)cc1. The predicted octanol–water partition coefficient (Wildman–Crippen LogP) is 15.3. The Kier molecular flexibility index (Phi) is 25.4. The van der Waals surface area contributed by atoms with E-state index in [4.69, 9.17) is 60.6 Å². The van der Waals surface area contributed by atoms with E-state index in [1.165, 1.54) is 42.4 Å². The Bertz CT molecular complexity index is 1900. The zero-order valence-corrected chi connectivity index (χ0v) is 44.5. The Morgan fingerprint density at radius 3 is 0.438 bits per heavy atom. The summed E-state index contributed by atoms with van der Waals surface area (Å²) >= 11 is 0.194. The van der Waals surface area contributed by atoms with E-state index >= 15 is 0 Å². The molecule has 0 aliphatic rings. The van der Waals surface area contributed by atoms with Crippen LogP contribution in [0.2, 0.25) is 0 Å². The molecule has 8 rings (SSSR count). The molecule has 0 amide bonds. The van der Waals surface area contributed by atoms with Crippen molar-refractivity contribution >= 4 is 135 Å². The Hall–Kier alpha value is -1.74. The summed E-state index contributed by atoms with van der Waals surface area (Å²) in [6.07, 6.45) is 9.80. The molecule has 0 aliphatic heterocycles. The average Bonchev–Trinajstić information content (AvgIpc) is 3.34. The van der Waals surface area contributed by atoms with E-state index in [2.05, 4.69) is 267 Å². The van der Waals surface area contributed by atoms with Gasteiger partial charge in [-0.2, -0.15) is 0 Å². The summed E-state index contributed by atoms with van der Waals surface area (Å²) in [5.74, 6) is 0. The second-order valence-corrected chi connectivity index (χ2v) is 34.2. The monoisotopic (exact) mass is 1110 g/mol. The Morgan fingerprint density at radius 1 is 0.250 bits per heavy atom. The van der Waals surface area contributed by atoms with E-state index in [0.29, 0.717) is 0 Å². The summed E-state index contributed by atoms with van der Waals surface area (Å²) in [5, 5.41) is 11.1. The molecule has 8 aromatic carbocycles. The second kappa shape index (κ2) is 30.6. The predicted molar refractivity (Wildman–Crippen MR) is 289 cm³/mol. The van der Waals surface area contributed by atoms with Crippen LogP contribution in [0.4, 0.5) is 0 Å².